The van der Waals surface area contributed by atoms with Crippen LogP contribution in [0.4, 0.5) is 5.69 Å². The Hall–Kier alpha value is -2.04. The molecule has 5 nitrogen and oxygen atoms in total. The lowest BCUT2D eigenvalue weighted by Crippen LogP contribution is -1.95. The van der Waals surface area contributed by atoms with Gasteiger partial charge in [0.05, 0.1) is 11.4 Å². The average molecular weight is 176 g/mol. The zero-order valence-electron chi connectivity index (χ0n) is 6.75. The molecule has 0 aliphatic heterocycles. The van der Waals surface area contributed by atoms with Crippen LogP contribution < -0.4 is 5.73 Å². The minimum Gasteiger partial charge on any atom is -0.506 e. The number of aromatic hydroxyl groups is 1. The Kier molecular flexibility index (Phi) is 1.63. The van der Waals surface area contributed by atoms with Gasteiger partial charge in [-0.2, -0.15) is 5.10 Å². The third-order valence-electron chi connectivity index (χ3n) is 1.70. The van der Waals surface area contributed by atoms with Crippen LogP contribution in [0.25, 0.3) is 5.69 Å². The minimum atomic E-state index is 0.0491. The number of benzene rings is 1. The summed E-state index contributed by atoms with van der Waals surface area (Å²) >= 11 is 0. The molecule has 1 heterocycles. The van der Waals surface area contributed by atoms with Gasteiger partial charge in [-0.15, -0.1) is 0 Å². The summed E-state index contributed by atoms with van der Waals surface area (Å²) in [4.78, 5) is 3.79. The molecule has 13 heavy (non-hydrogen) atoms. The van der Waals surface area contributed by atoms with Gasteiger partial charge in [0.15, 0.2) is 0 Å². The lowest BCUT2D eigenvalue weighted by Gasteiger charge is -2.02. The summed E-state index contributed by atoms with van der Waals surface area (Å²) in [5, 5.41) is 13.2. The molecule has 0 unspecified atom stereocenters. The topological polar surface area (TPSA) is 77.0 Å². The summed E-state index contributed by atoms with van der Waals surface area (Å²) in [5.74, 6) is 0.0491. The first-order chi connectivity index (χ1) is 6.27. The van der Waals surface area contributed by atoms with Crippen LogP contribution in [0.3, 0.4) is 0 Å². The second-order valence-corrected chi connectivity index (χ2v) is 2.58. The molecule has 2 aromatic rings. The first-order valence-corrected chi connectivity index (χ1v) is 3.71. The average Bonchev–Trinajstić information content (AvgIpc) is 2.62. The zero-order chi connectivity index (χ0) is 9.26. The fourth-order valence-corrected chi connectivity index (χ4v) is 1.02. The van der Waals surface area contributed by atoms with E-state index in [2.05, 4.69) is 10.1 Å². The Labute approximate surface area is 74.4 Å². The number of rotatable bonds is 1. The Bertz CT molecular complexity index is 410. The van der Waals surface area contributed by atoms with E-state index in [9.17, 15) is 5.11 Å². The van der Waals surface area contributed by atoms with Crippen LogP contribution in [-0.2, 0) is 0 Å². The van der Waals surface area contributed by atoms with Crippen molar-refractivity contribution in [2.45, 2.75) is 0 Å². The van der Waals surface area contributed by atoms with E-state index in [0.717, 1.165) is 5.69 Å². The van der Waals surface area contributed by atoms with Crippen molar-refractivity contribution in [3.8, 4) is 11.4 Å². The maximum atomic E-state index is 9.31. The fourth-order valence-electron chi connectivity index (χ4n) is 1.02. The summed E-state index contributed by atoms with van der Waals surface area (Å²) in [7, 11) is 0. The van der Waals surface area contributed by atoms with E-state index in [1.165, 1.54) is 12.4 Å². The van der Waals surface area contributed by atoms with E-state index in [1.807, 2.05) is 0 Å². The molecule has 0 bridgehead atoms. The first kappa shape index (κ1) is 7.60. The standard InChI is InChI=1S/C8H8N4O/c9-7-2-1-6(3-8(7)13)12-5-10-4-11-12/h1-5,13H,9H2. The summed E-state index contributed by atoms with van der Waals surface area (Å²) < 4.78 is 1.54. The number of phenols is 1. The minimum absolute atomic E-state index is 0.0491. The highest BCUT2D eigenvalue weighted by molar-refractivity contribution is 5.56. The Balaban J connectivity index is 2.49. The molecule has 5 heteroatoms. The van der Waals surface area contributed by atoms with Crippen molar-refractivity contribution in [2.24, 2.45) is 0 Å². The monoisotopic (exact) mass is 176 g/mol. The number of nitrogens with zero attached hydrogens (tertiary/aromatic N) is 3. The molecular formula is C8H8N4O. The summed E-state index contributed by atoms with van der Waals surface area (Å²) in [6.45, 7) is 0. The number of hydrogen-bond donors (Lipinski definition) is 2. The largest absolute Gasteiger partial charge is 0.506 e. The van der Waals surface area contributed by atoms with E-state index in [0.29, 0.717) is 5.69 Å². The van der Waals surface area contributed by atoms with Crippen molar-refractivity contribution >= 4 is 5.69 Å². The second kappa shape index (κ2) is 2.78. The number of nitrogens with two attached hydrogens (primary N) is 1. The van der Waals surface area contributed by atoms with Gasteiger partial charge in [0, 0.05) is 6.07 Å². The van der Waals surface area contributed by atoms with Gasteiger partial charge in [0.2, 0.25) is 0 Å². The van der Waals surface area contributed by atoms with Crippen LogP contribution in [0.5, 0.6) is 5.75 Å². The molecule has 0 saturated heterocycles. The molecule has 1 aromatic heterocycles. The molecule has 0 radical (unpaired) electrons. The van der Waals surface area contributed by atoms with Crippen LogP contribution in [-0.4, -0.2) is 19.9 Å². The predicted molar refractivity (Wildman–Crippen MR) is 47.4 cm³/mol. The van der Waals surface area contributed by atoms with Crippen LogP contribution in [0.2, 0.25) is 0 Å². The van der Waals surface area contributed by atoms with Crippen LogP contribution in [0.15, 0.2) is 30.9 Å². The van der Waals surface area contributed by atoms with Crippen molar-refractivity contribution in [1.82, 2.24) is 14.8 Å². The molecule has 0 aliphatic rings. The van der Waals surface area contributed by atoms with E-state index in [-0.39, 0.29) is 5.75 Å². The highest BCUT2D eigenvalue weighted by Crippen LogP contribution is 2.21. The SMILES string of the molecule is Nc1ccc(-n2cncn2)cc1O. The molecule has 66 valence electrons. The van der Waals surface area contributed by atoms with Gasteiger partial charge in [-0.1, -0.05) is 0 Å². The van der Waals surface area contributed by atoms with Crippen molar-refractivity contribution in [3.05, 3.63) is 30.9 Å². The molecule has 0 atom stereocenters. The molecule has 3 N–H and O–H groups in total. The Morgan fingerprint density at radius 2 is 2.23 bits per heavy atom. The van der Waals surface area contributed by atoms with Gasteiger partial charge in [-0.25, -0.2) is 9.67 Å². The number of nitrogen functional groups attached to an aromatic ring is 1. The lowest BCUT2D eigenvalue weighted by molar-refractivity contribution is 0.477. The smallest absolute Gasteiger partial charge is 0.140 e. The third-order valence-corrected chi connectivity index (χ3v) is 1.70. The lowest BCUT2D eigenvalue weighted by atomic mass is 10.2. The Morgan fingerprint density at radius 1 is 1.38 bits per heavy atom. The molecule has 0 fully saturated rings. The third kappa shape index (κ3) is 1.31. The van der Waals surface area contributed by atoms with E-state index < -0.39 is 0 Å². The number of phenolic OH excluding ortho intramolecular Hbond substituents is 1. The van der Waals surface area contributed by atoms with Crippen LogP contribution >= 0.6 is 0 Å². The first-order valence-electron chi connectivity index (χ1n) is 3.71. The van der Waals surface area contributed by atoms with Gasteiger partial charge in [-0.05, 0) is 12.1 Å². The van der Waals surface area contributed by atoms with Gasteiger partial charge in [-0.3, -0.25) is 0 Å². The maximum Gasteiger partial charge on any atom is 0.140 e. The van der Waals surface area contributed by atoms with Gasteiger partial charge < -0.3 is 10.8 Å². The molecule has 0 amide bonds. The zero-order valence-corrected chi connectivity index (χ0v) is 6.75. The highest BCUT2D eigenvalue weighted by Gasteiger charge is 2.00. The number of anilines is 1. The summed E-state index contributed by atoms with van der Waals surface area (Å²) in [6.07, 6.45) is 2.97. The quantitative estimate of drug-likeness (QED) is 0.491. The number of aromatic nitrogens is 3. The van der Waals surface area contributed by atoms with Gasteiger partial charge >= 0.3 is 0 Å². The molecule has 1 aromatic carbocycles. The van der Waals surface area contributed by atoms with Crippen molar-refractivity contribution < 1.29 is 5.11 Å². The maximum absolute atomic E-state index is 9.31. The van der Waals surface area contributed by atoms with Gasteiger partial charge in [0.25, 0.3) is 0 Å². The summed E-state index contributed by atoms with van der Waals surface area (Å²) in [5.41, 5.74) is 6.52. The van der Waals surface area contributed by atoms with E-state index >= 15 is 0 Å². The second-order valence-electron chi connectivity index (χ2n) is 2.58. The fraction of sp³-hybridized carbons (Fsp3) is 0. The van der Waals surface area contributed by atoms with Crippen molar-refractivity contribution in [1.29, 1.82) is 0 Å². The van der Waals surface area contributed by atoms with E-state index in [1.54, 1.807) is 23.1 Å². The Morgan fingerprint density at radius 3 is 2.85 bits per heavy atom. The van der Waals surface area contributed by atoms with Crippen molar-refractivity contribution in [3.63, 3.8) is 0 Å². The van der Waals surface area contributed by atoms with E-state index in [4.69, 9.17) is 5.73 Å². The molecule has 0 spiro atoms. The molecular weight excluding hydrogens is 168 g/mol. The normalized spacial score (nSPS) is 10.2. The van der Waals surface area contributed by atoms with Crippen LogP contribution in [0.1, 0.15) is 0 Å². The van der Waals surface area contributed by atoms with Crippen LogP contribution in [0, 0.1) is 0 Å². The number of hydrogen-bond acceptors (Lipinski definition) is 4. The van der Waals surface area contributed by atoms with Gasteiger partial charge in [0.1, 0.15) is 18.4 Å². The predicted octanol–water partition coefficient (Wildman–Crippen LogP) is 0.555. The van der Waals surface area contributed by atoms with Crippen molar-refractivity contribution in [2.75, 3.05) is 5.73 Å². The summed E-state index contributed by atoms with van der Waals surface area (Å²) in [6, 6.07) is 4.90. The molecule has 0 saturated carbocycles. The molecule has 2 rings (SSSR count). The highest BCUT2D eigenvalue weighted by atomic mass is 16.3. The molecule has 0 aliphatic carbocycles.